The molecule has 3 atom stereocenters. The maximum absolute atomic E-state index is 11.5. The van der Waals surface area contributed by atoms with Crippen molar-refractivity contribution in [1.82, 2.24) is 5.06 Å². The first-order chi connectivity index (χ1) is 21.2. The smallest absolute Gasteiger partial charge is 0.255 e. The highest BCUT2D eigenvalue weighted by atomic mass is 79.9. The van der Waals surface area contributed by atoms with Gasteiger partial charge in [-0.15, -0.1) is 5.06 Å². The van der Waals surface area contributed by atoms with Gasteiger partial charge in [0, 0.05) is 34.3 Å². The summed E-state index contributed by atoms with van der Waals surface area (Å²) in [5, 5.41) is 10.1. The first kappa shape index (κ1) is 33.3. The van der Waals surface area contributed by atoms with Gasteiger partial charge in [-0.3, -0.25) is 10.0 Å². The largest absolute Gasteiger partial charge is 0.493 e. The number of hydrogen-bond acceptors (Lipinski definition) is 9. The van der Waals surface area contributed by atoms with E-state index in [0.29, 0.717) is 33.8 Å². The average molecular weight is 687 g/mol. The molecule has 3 aromatic carbocycles. The maximum atomic E-state index is 11.5. The lowest BCUT2D eigenvalue weighted by Gasteiger charge is -2.22. The van der Waals surface area contributed by atoms with E-state index in [1.54, 1.807) is 40.2 Å². The van der Waals surface area contributed by atoms with Crippen LogP contribution >= 0.6 is 27.7 Å². The molecule has 1 aliphatic heterocycles. The number of hydroxylamine groups is 2. The molecule has 4 rings (SSSR count). The zero-order valence-corrected chi connectivity index (χ0v) is 27.9. The molecule has 3 aromatic rings. The second-order valence-electron chi connectivity index (χ2n) is 9.91. The Hall–Kier alpha value is -3.56. The Morgan fingerprint density at radius 1 is 0.955 bits per heavy atom. The number of methoxy groups -OCH3 is 4. The molecule has 0 aliphatic carbocycles. The van der Waals surface area contributed by atoms with Gasteiger partial charge < -0.3 is 28.4 Å². The lowest BCUT2D eigenvalue weighted by atomic mass is 9.99. The molecule has 234 valence electrons. The van der Waals surface area contributed by atoms with E-state index in [1.807, 2.05) is 55.5 Å². The topological polar surface area (TPSA) is 95.9 Å². The summed E-state index contributed by atoms with van der Waals surface area (Å²) in [4.78, 5) is 12.5. The number of carbonyl (C=O) groups is 1. The number of carbonyl (C=O) groups excluding carboxylic acids is 1. The Kier molecular flexibility index (Phi) is 11.7. The maximum Gasteiger partial charge on any atom is 0.255 e. The summed E-state index contributed by atoms with van der Waals surface area (Å²) in [5.41, 5.74) is 2.31. The van der Waals surface area contributed by atoms with Crippen LogP contribution in [0.25, 0.3) is 0 Å². The third-order valence-electron chi connectivity index (χ3n) is 6.99. The molecule has 0 spiro atoms. The standard InChI is InChI=1S/C33H36BrNO8S/c1-20(36)35(37)15-7-8-22-16-23(17-29(38-3)32(22)42-21(2)44-26-11-9-25(34)10-12-26)27-13-14-28(43-27)24-18-30(39-4)33(41-6)31(19-24)40-5/h9-12,16-19,21,27-28,37H,8,13-14H2,1-6H3. The molecule has 1 heterocycles. The van der Waals surface area contributed by atoms with Gasteiger partial charge in [-0.2, -0.15) is 0 Å². The van der Waals surface area contributed by atoms with Crippen molar-refractivity contribution in [3.63, 3.8) is 0 Å². The second-order valence-corrected chi connectivity index (χ2v) is 12.2. The average Bonchev–Trinajstić information content (AvgIpc) is 3.52. The fourth-order valence-electron chi connectivity index (χ4n) is 4.88. The van der Waals surface area contributed by atoms with Gasteiger partial charge in [-0.25, -0.2) is 0 Å². The lowest BCUT2D eigenvalue weighted by Crippen LogP contribution is -2.18. The Bertz CT molecular complexity index is 1500. The molecular weight excluding hydrogens is 650 g/mol. The molecule has 1 amide bonds. The summed E-state index contributed by atoms with van der Waals surface area (Å²) in [6.07, 6.45) is 1.32. The summed E-state index contributed by atoms with van der Waals surface area (Å²) in [7, 11) is 6.34. The molecule has 0 saturated carbocycles. The van der Waals surface area contributed by atoms with Crippen molar-refractivity contribution >= 4 is 33.6 Å². The van der Waals surface area contributed by atoms with Gasteiger partial charge in [0.2, 0.25) is 5.75 Å². The SMILES string of the molecule is COc1cc(C2CCC(c3cc(OC)c(OC)c(OC)c3)O2)cc(CC#CN(O)C(C)=O)c1OC(C)Sc1ccc(Br)cc1. The Morgan fingerprint density at radius 3 is 2.02 bits per heavy atom. The molecule has 44 heavy (non-hydrogen) atoms. The van der Waals surface area contributed by atoms with E-state index in [0.717, 1.165) is 38.9 Å². The quantitative estimate of drug-likeness (QED) is 0.0556. The van der Waals surface area contributed by atoms with Gasteiger partial charge in [0.25, 0.3) is 5.91 Å². The van der Waals surface area contributed by atoms with E-state index in [2.05, 4.69) is 27.9 Å². The summed E-state index contributed by atoms with van der Waals surface area (Å²) >= 11 is 5.03. The van der Waals surface area contributed by atoms with Crippen molar-refractivity contribution in [2.24, 2.45) is 0 Å². The molecule has 0 bridgehead atoms. The molecule has 11 heteroatoms. The number of ether oxygens (including phenoxy) is 6. The predicted molar refractivity (Wildman–Crippen MR) is 171 cm³/mol. The molecule has 0 radical (unpaired) electrons. The molecule has 0 aromatic heterocycles. The van der Waals surface area contributed by atoms with Crippen LogP contribution in [0.1, 0.15) is 55.6 Å². The summed E-state index contributed by atoms with van der Waals surface area (Å²) < 4.78 is 36.4. The molecule has 1 fully saturated rings. The zero-order chi connectivity index (χ0) is 31.8. The van der Waals surface area contributed by atoms with Gasteiger partial charge in [0.15, 0.2) is 23.0 Å². The predicted octanol–water partition coefficient (Wildman–Crippen LogP) is 7.33. The van der Waals surface area contributed by atoms with Crippen LogP contribution < -0.4 is 23.7 Å². The highest BCUT2D eigenvalue weighted by Gasteiger charge is 2.31. The van der Waals surface area contributed by atoms with Crippen LogP contribution in [0.3, 0.4) is 0 Å². The van der Waals surface area contributed by atoms with Crippen LogP contribution in [0.15, 0.2) is 57.9 Å². The molecule has 1 N–H and O–H groups in total. The minimum absolute atomic E-state index is 0.195. The molecule has 3 unspecified atom stereocenters. The van der Waals surface area contributed by atoms with E-state index >= 15 is 0 Å². The minimum atomic E-state index is -0.572. The van der Waals surface area contributed by atoms with Crippen LogP contribution in [-0.4, -0.2) is 50.1 Å². The van der Waals surface area contributed by atoms with Crippen molar-refractivity contribution in [3.05, 3.63) is 69.7 Å². The molecule has 9 nitrogen and oxygen atoms in total. The van der Waals surface area contributed by atoms with Gasteiger partial charge in [-0.05, 0) is 79.4 Å². The van der Waals surface area contributed by atoms with Crippen molar-refractivity contribution < 1.29 is 38.4 Å². The van der Waals surface area contributed by atoms with E-state index < -0.39 is 5.91 Å². The van der Waals surface area contributed by atoms with Crippen LogP contribution in [-0.2, 0) is 16.0 Å². The monoisotopic (exact) mass is 685 g/mol. The molecule has 1 aliphatic rings. The Balaban J connectivity index is 1.63. The van der Waals surface area contributed by atoms with Crippen molar-refractivity contribution in [1.29, 1.82) is 0 Å². The van der Waals surface area contributed by atoms with E-state index in [9.17, 15) is 10.0 Å². The first-order valence-electron chi connectivity index (χ1n) is 13.9. The number of thioether (sulfide) groups is 1. The minimum Gasteiger partial charge on any atom is -0.493 e. The van der Waals surface area contributed by atoms with Crippen LogP contribution in [0.2, 0.25) is 0 Å². The number of benzene rings is 3. The van der Waals surface area contributed by atoms with Crippen LogP contribution in [0.5, 0.6) is 28.7 Å². The number of rotatable bonds is 11. The van der Waals surface area contributed by atoms with Crippen LogP contribution in [0, 0.1) is 12.0 Å². The second kappa shape index (κ2) is 15.4. The summed E-state index contributed by atoms with van der Waals surface area (Å²) in [6.45, 7) is 3.19. The van der Waals surface area contributed by atoms with Gasteiger partial charge in [-0.1, -0.05) is 33.6 Å². The molecular formula is C33H36BrNO8S. The van der Waals surface area contributed by atoms with Crippen molar-refractivity contribution in [2.45, 2.75) is 55.6 Å². The highest BCUT2D eigenvalue weighted by Crippen LogP contribution is 2.47. The fourth-order valence-corrected chi connectivity index (χ4v) is 5.97. The Morgan fingerprint density at radius 2 is 1.50 bits per heavy atom. The summed E-state index contributed by atoms with van der Waals surface area (Å²) in [5.74, 6) is 5.03. The number of halogens is 1. The Labute approximate surface area is 270 Å². The van der Waals surface area contributed by atoms with Crippen molar-refractivity contribution in [3.8, 4) is 40.7 Å². The van der Waals surface area contributed by atoms with E-state index in [1.165, 1.54) is 6.92 Å². The number of amides is 1. The third kappa shape index (κ3) is 8.12. The number of nitrogens with zero attached hydrogens (tertiary/aromatic N) is 1. The van der Waals surface area contributed by atoms with E-state index in [-0.39, 0.29) is 24.1 Å². The van der Waals surface area contributed by atoms with E-state index in [4.69, 9.17) is 28.4 Å². The number of hydrogen-bond donors (Lipinski definition) is 1. The van der Waals surface area contributed by atoms with Gasteiger partial charge in [0.1, 0.15) is 5.44 Å². The third-order valence-corrected chi connectivity index (χ3v) is 8.49. The van der Waals surface area contributed by atoms with Gasteiger partial charge in [0.05, 0.1) is 40.6 Å². The highest BCUT2D eigenvalue weighted by molar-refractivity contribution is 9.10. The lowest BCUT2D eigenvalue weighted by molar-refractivity contribution is -0.149. The summed E-state index contributed by atoms with van der Waals surface area (Å²) in [6, 6.07) is 18.2. The fraction of sp³-hybridized carbons (Fsp3) is 0.364. The normalized spacial score (nSPS) is 16.4. The first-order valence-corrected chi connectivity index (χ1v) is 15.6. The zero-order valence-electron chi connectivity index (χ0n) is 25.5. The van der Waals surface area contributed by atoms with Gasteiger partial charge >= 0.3 is 0 Å². The van der Waals surface area contributed by atoms with Crippen molar-refractivity contribution in [2.75, 3.05) is 28.4 Å². The molecule has 1 saturated heterocycles. The van der Waals surface area contributed by atoms with Crippen LogP contribution in [0.4, 0.5) is 0 Å².